The Morgan fingerprint density at radius 1 is 1.50 bits per heavy atom. The largest absolute Gasteiger partial charge is 0.335 e. The number of aryl methyl sites for hydroxylation is 2. The van der Waals surface area contributed by atoms with Crippen molar-refractivity contribution >= 4 is 5.91 Å². The third-order valence-electron chi connectivity index (χ3n) is 4.15. The highest BCUT2D eigenvalue weighted by molar-refractivity contribution is 5.81. The monoisotopic (exact) mass is 273 g/mol. The van der Waals surface area contributed by atoms with Gasteiger partial charge in [0.25, 0.3) is 5.91 Å². The van der Waals surface area contributed by atoms with E-state index in [1.807, 2.05) is 20.0 Å². The van der Waals surface area contributed by atoms with Gasteiger partial charge in [-0.1, -0.05) is 0 Å². The smallest absolute Gasteiger partial charge is 0.250 e. The van der Waals surface area contributed by atoms with Crippen molar-refractivity contribution in [2.75, 3.05) is 0 Å². The van der Waals surface area contributed by atoms with Crippen LogP contribution in [-0.2, 0) is 19.5 Å². The van der Waals surface area contributed by atoms with E-state index in [0.29, 0.717) is 13.0 Å². The van der Waals surface area contributed by atoms with Gasteiger partial charge in [0.1, 0.15) is 5.82 Å². The average molecular weight is 273 g/mol. The molecule has 1 aliphatic heterocycles. The first-order valence-corrected chi connectivity index (χ1v) is 6.91. The number of rotatable bonds is 2. The predicted octanol–water partition coefficient (Wildman–Crippen LogP) is 1.06. The number of hydrogen-bond donors (Lipinski definition) is 1. The minimum absolute atomic E-state index is 0.0477. The van der Waals surface area contributed by atoms with Crippen LogP contribution in [0.4, 0.5) is 0 Å². The fourth-order valence-corrected chi connectivity index (χ4v) is 2.92. The molecule has 1 unspecified atom stereocenters. The Labute approximate surface area is 117 Å². The maximum atomic E-state index is 12.7. The molecule has 20 heavy (non-hydrogen) atoms. The summed E-state index contributed by atoms with van der Waals surface area (Å²) in [5, 5.41) is 4.36. The summed E-state index contributed by atoms with van der Waals surface area (Å²) >= 11 is 0. The van der Waals surface area contributed by atoms with Crippen LogP contribution in [0.15, 0.2) is 12.4 Å². The molecule has 2 N–H and O–H groups in total. The van der Waals surface area contributed by atoms with Crippen molar-refractivity contribution < 1.29 is 4.79 Å². The maximum Gasteiger partial charge on any atom is 0.250 e. The van der Waals surface area contributed by atoms with Crippen molar-refractivity contribution in [2.45, 2.75) is 39.8 Å². The molecule has 0 amide bonds. The Kier molecular flexibility index (Phi) is 3.17. The Balaban J connectivity index is 1.87. The second-order valence-corrected chi connectivity index (χ2v) is 5.33. The van der Waals surface area contributed by atoms with Crippen molar-refractivity contribution in [3.05, 3.63) is 35.2 Å². The number of nitrogens with zero attached hydrogens (tertiary/aromatic N) is 4. The summed E-state index contributed by atoms with van der Waals surface area (Å²) in [5.41, 5.74) is 8.39. The van der Waals surface area contributed by atoms with E-state index in [2.05, 4.69) is 14.6 Å². The molecule has 0 saturated heterocycles. The number of carbonyl (C=O) groups excluding carboxylic acids is 1. The average Bonchev–Trinajstić information content (AvgIpc) is 3.01. The second-order valence-electron chi connectivity index (χ2n) is 5.33. The Bertz CT molecular complexity index is 655. The Morgan fingerprint density at radius 3 is 3.00 bits per heavy atom. The summed E-state index contributed by atoms with van der Waals surface area (Å²) in [5.74, 6) is 0.989. The van der Waals surface area contributed by atoms with E-state index in [4.69, 9.17) is 5.73 Å². The zero-order valence-electron chi connectivity index (χ0n) is 11.8. The summed E-state index contributed by atoms with van der Waals surface area (Å²) < 4.78 is 3.64. The summed E-state index contributed by atoms with van der Waals surface area (Å²) in [6.45, 7) is 5.06. The molecular weight excluding hydrogens is 254 g/mol. The molecule has 0 radical (unpaired) electrons. The van der Waals surface area contributed by atoms with E-state index in [1.54, 1.807) is 6.20 Å². The van der Waals surface area contributed by atoms with E-state index in [9.17, 15) is 4.79 Å². The zero-order valence-corrected chi connectivity index (χ0v) is 11.8. The maximum absolute atomic E-state index is 12.7. The van der Waals surface area contributed by atoms with Gasteiger partial charge in [-0.25, -0.2) is 9.67 Å². The van der Waals surface area contributed by atoms with E-state index in [1.165, 1.54) is 4.68 Å². The predicted molar refractivity (Wildman–Crippen MR) is 74.3 cm³/mol. The first kappa shape index (κ1) is 13.1. The van der Waals surface area contributed by atoms with E-state index in [0.717, 1.165) is 35.7 Å². The summed E-state index contributed by atoms with van der Waals surface area (Å²) in [4.78, 5) is 17.0. The summed E-state index contributed by atoms with van der Waals surface area (Å²) in [7, 11) is 0. The number of aromatic nitrogens is 4. The molecule has 0 bridgehead atoms. The molecule has 0 aromatic carbocycles. The van der Waals surface area contributed by atoms with Gasteiger partial charge in [-0.2, -0.15) is 5.10 Å². The molecule has 1 aliphatic rings. The van der Waals surface area contributed by atoms with Crippen LogP contribution < -0.4 is 5.73 Å². The molecule has 6 nitrogen and oxygen atoms in total. The standard InChI is InChI=1S/C14H19N5O/c1-9-12(8-15)10(2)19(17-9)14(20)11-3-5-18-6-4-16-13(18)7-11/h4,6,11H,3,5,7-8,15H2,1-2H3. The minimum atomic E-state index is -0.0477. The highest BCUT2D eigenvalue weighted by Crippen LogP contribution is 2.22. The molecule has 3 heterocycles. The molecule has 106 valence electrons. The lowest BCUT2D eigenvalue weighted by Gasteiger charge is -2.22. The van der Waals surface area contributed by atoms with Crippen LogP contribution in [0, 0.1) is 19.8 Å². The molecule has 2 aromatic rings. The number of carbonyl (C=O) groups is 1. The lowest BCUT2D eigenvalue weighted by Crippen LogP contribution is -2.31. The van der Waals surface area contributed by atoms with Gasteiger partial charge in [0.2, 0.25) is 0 Å². The molecule has 1 atom stereocenters. The van der Waals surface area contributed by atoms with E-state index < -0.39 is 0 Å². The fourth-order valence-electron chi connectivity index (χ4n) is 2.92. The lowest BCUT2D eigenvalue weighted by molar-refractivity contribution is 0.0790. The normalized spacial score (nSPS) is 18.1. The topological polar surface area (TPSA) is 78.7 Å². The van der Waals surface area contributed by atoms with Crippen molar-refractivity contribution in [3.8, 4) is 0 Å². The van der Waals surface area contributed by atoms with Crippen molar-refractivity contribution in [1.29, 1.82) is 0 Å². The molecule has 3 rings (SSSR count). The van der Waals surface area contributed by atoms with Crippen LogP contribution in [0.3, 0.4) is 0 Å². The van der Waals surface area contributed by atoms with Crippen LogP contribution in [0.5, 0.6) is 0 Å². The highest BCUT2D eigenvalue weighted by Gasteiger charge is 2.28. The lowest BCUT2D eigenvalue weighted by atomic mass is 9.97. The third kappa shape index (κ3) is 1.96. The van der Waals surface area contributed by atoms with Crippen LogP contribution in [0.2, 0.25) is 0 Å². The third-order valence-corrected chi connectivity index (χ3v) is 4.15. The van der Waals surface area contributed by atoms with Crippen LogP contribution in [0.25, 0.3) is 0 Å². The van der Waals surface area contributed by atoms with Crippen LogP contribution >= 0.6 is 0 Å². The minimum Gasteiger partial charge on any atom is -0.335 e. The number of nitrogens with two attached hydrogens (primary N) is 1. The van der Waals surface area contributed by atoms with Crippen molar-refractivity contribution in [1.82, 2.24) is 19.3 Å². The quantitative estimate of drug-likeness (QED) is 0.887. The Morgan fingerprint density at radius 2 is 2.30 bits per heavy atom. The summed E-state index contributed by atoms with van der Waals surface area (Å²) in [6.07, 6.45) is 5.27. The van der Waals surface area contributed by atoms with Gasteiger partial charge in [-0.3, -0.25) is 4.79 Å². The fraction of sp³-hybridized carbons (Fsp3) is 0.500. The van der Waals surface area contributed by atoms with Crippen molar-refractivity contribution in [3.63, 3.8) is 0 Å². The molecule has 0 spiro atoms. The van der Waals surface area contributed by atoms with Gasteiger partial charge < -0.3 is 10.3 Å². The highest BCUT2D eigenvalue weighted by atomic mass is 16.2. The first-order valence-electron chi connectivity index (χ1n) is 6.91. The van der Waals surface area contributed by atoms with Gasteiger partial charge >= 0.3 is 0 Å². The molecule has 6 heteroatoms. The molecule has 0 aliphatic carbocycles. The molecular formula is C14H19N5O. The van der Waals surface area contributed by atoms with Gasteiger partial charge in [-0.15, -0.1) is 0 Å². The number of fused-ring (bicyclic) bond motifs is 1. The second kappa shape index (κ2) is 4.86. The summed E-state index contributed by atoms with van der Waals surface area (Å²) in [6, 6.07) is 0. The molecule has 0 fully saturated rings. The SMILES string of the molecule is Cc1nn(C(=O)C2CCn3ccnc3C2)c(C)c1CN. The van der Waals surface area contributed by atoms with Crippen LogP contribution in [-0.4, -0.2) is 25.2 Å². The molecule has 0 saturated carbocycles. The van der Waals surface area contributed by atoms with Crippen molar-refractivity contribution in [2.24, 2.45) is 11.7 Å². The van der Waals surface area contributed by atoms with Crippen LogP contribution in [0.1, 0.15) is 34.0 Å². The number of hydrogen-bond acceptors (Lipinski definition) is 4. The van der Waals surface area contributed by atoms with E-state index in [-0.39, 0.29) is 11.8 Å². The zero-order chi connectivity index (χ0) is 14.3. The number of imidazole rings is 1. The van der Waals surface area contributed by atoms with Gasteiger partial charge in [0.15, 0.2) is 0 Å². The van der Waals surface area contributed by atoms with Gasteiger partial charge in [0, 0.05) is 49.1 Å². The van der Waals surface area contributed by atoms with E-state index >= 15 is 0 Å². The Hall–Kier alpha value is -1.95. The van der Waals surface area contributed by atoms with Gasteiger partial charge in [-0.05, 0) is 20.3 Å². The first-order chi connectivity index (χ1) is 9.61. The van der Waals surface area contributed by atoms with Gasteiger partial charge in [0.05, 0.1) is 5.69 Å². The molecule has 2 aromatic heterocycles.